The highest BCUT2D eigenvalue weighted by Gasteiger charge is 2.05. The summed E-state index contributed by atoms with van der Waals surface area (Å²) in [5, 5.41) is 8.80. The fourth-order valence-corrected chi connectivity index (χ4v) is 1.11. The van der Waals surface area contributed by atoms with Crippen LogP contribution in [-0.2, 0) is 19.1 Å². The molecule has 0 fully saturated rings. The quantitative estimate of drug-likeness (QED) is 0.565. The van der Waals surface area contributed by atoms with Gasteiger partial charge < -0.3 is 14.6 Å². The molecule has 0 heterocycles. The van der Waals surface area contributed by atoms with Gasteiger partial charge in [0.1, 0.15) is 13.2 Å². The molecule has 0 saturated heterocycles. The second kappa shape index (κ2) is 9.11. The average Bonchev–Trinajstić information content (AvgIpc) is 2.16. The van der Waals surface area contributed by atoms with Gasteiger partial charge in [0, 0.05) is 33.5 Å². The van der Waals surface area contributed by atoms with Gasteiger partial charge in [-0.2, -0.15) is 0 Å². The molecule has 0 unspecified atom stereocenters. The first-order valence-electron chi connectivity index (χ1n) is 5.16. The van der Waals surface area contributed by atoms with Crippen molar-refractivity contribution in [3.63, 3.8) is 0 Å². The lowest BCUT2D eigenvalue weighted by atomic mass is 10.4. The van der Waals surface area contributed by atoms with E-state index < -0.39 is 0 Å². The molecule has 16 heavy (non-hydrogen) atoms. The van der Waals surface area contributed by atoms with E-state index in [0.29, 0.717) is 19.6 Å². The van der Waals surface area contributed by atoms with Crippen LogP contribution in [0, 0.1) is 0 Å². The van der Waals surface area contributed by atoms with Gasteiger partial charge in [0.15, 0.2) is 0 Å². The number of aliphatic hydroxyl groups is 1. The van der Waals surface area contributed by atoms with Gasteiger partial charge in [-0.1, -0.05) is 0 Å². The number of esters is 2. The third-order valence-corrected chi connectivity index (χ3v) is 1.84. The molecule has 0 aliphatic carbocycles. The molecular formula is C10H19NO5. The van der Waals surface area contributed by atoms with Gasteiger partial charge in [-0.15, -0.1) is 0 Å². The number of carbonyl (C=O) groups excluding carboxylic acids is 2. The van der Waals surface area contributed by atoms with Crippen molar-refractivity contribution in [2.45, 2.75) is 13.8 Å². The average molecular weight is 233 g/mol. The zero-order valence-electron chi connectivity index (χ0n) is 9.77. The molecule has 0 saturated carbocycles. The Bertz CT molecular complexity index is 199. The topological polar surface area (TPSA) is 76.1 Å². The molecule has 0 atom stereocenters. The molecule has 0 aromatic carbocycles. The van der Waals surface area contributed by atoms with Crippen molar-refractivity contribution in [3.8, 4) is 0 Å². The third kappa shape index (κ3) is 9.42. The Morgan fingerprint density at radius 1 is 1.00 bits per heavy atom. The highest BCUT2D eigenvalue weighted by Crippen LogP contribution is 1.90. The fraction of sp³-hybridized carbons (Fsp3) is 0.800. The van der Waals surface area contributed by atoms with Gasteiger partial charge in [-0.25, -0.2) is 0 Å². The van der Waals surface area contributed by atoms with Crippen LogP contribution >= 0.6 is 0 Å². The molecule has 0 aliphatic rings. The van der Waals surface area contributed by atoms with Crippen LogP contribution in [0.1, 0.15) is 13.8 Å². The van der Waals surface area contributed by atoms with Gasteiger partial charge in [0.05, 0.1) is 6.61 Å². The van der Waals surface area contributed by atoms with E-state index >= 15 is 0 Å². The first-order chi connectivity index (χ1) is 7.56. The number of carbonyl (C=O) groups is 2. The maximum absolute atomic E-state index is 10.5. The summed E-state index contributed by atoms with van der Waals surface area (Å²) in [5.41, 5.74) is 0. The molecule has 0 aromatic heterocycles. The van der Waals surface area contributed by atoms with E-state index in [1.165, 1.54) is 13.8 Å². The Kier molecular flexibility index (Phi) is 8.46. The van der Waals surface area contributed by atoms with E-state index in [0.717, 1.165) is 0 Å². The molecule has 0 aromatic rings. The zero-order valence-corrected chi connectivity index (χ0v) is 9.77. The Hall–Kier alpha value is -1.14. The van der Waals surface area contributed by atoms with Gasteiger partial charge in [-0.05, 0) is 0 Å². The van der Waals surface area contributed by atoms with Crippen LogP contribution in [0.3, 0.4) is 0 Å². The normalized spacial score (nSPS) is 10.2. The van der Waals surface area contributed by atoms with Gasteiger partial charge >= 0.3 is 11.9 Å². The van der Waals surface area contributed by atoms with E-state index in [9.17, 15) is 9.59 Å². The summed E-state index contributed by atoms with van der Waals surface area (Å²) in [5.74, 6) is -0.659. The second-order valence-electron chi connectivity index (χ2n) is 3.25. The molecule has 94 valence electrons. The number of aliphatic hydroxyl groups excluding tert-OH is 1. The van der Waals surface area contributed by atoms with Crippen molar-refractivity contribution < 1.29 is 24.2 Å². The van der Waals surface area contributed by atoms with Gasteiger partial charge in [0.2, 0.25) is 0 Å². The maximum Gasteiger partial charge on any atom is 0.302 e. The molecule has 0 aliphatic heterocycles. The summed E-state index contributed by atoms with van der Waals surface area (Å²) >= 11 is 0. The highest BCUT2D eigenvalue weighted by molar-refractivity contribution is 5.66. The highest BCUT2D eigenvalue weighted by atomic mass is 16.5. The maximum atomic E-state index is 10.5. The number of hydrogen-bond acceptors (Lipinski definition) is 6. The van der Waals surface area contributed by atoms with Crippen molar-refractivity contribution in [1.82, 2.24) is 4.90 Å². The van der Waals surface area contributed by atoms with Crippen LogP contribution in [-0.4, -0.2) is 61.4 Å². The van der Waals surface area contributed by atoms with Crippen molar-refractivity contribution in [1.29, 1.82) is 0 Å². The van der Waals surface area contributed by atoms with Crippen LogP contribution in [0.25, 0.3) is 0 Å². The van der Waals surface area contributed by atoms with E-state index in [4.69, 9.17) is 14.6 Å². The lowest BCUT2D eigenvalue weighted by Crippen LogP contribution is -2.34. The van der Waals surface area contributed by atoms with Crippen molar-refractivity contribution >= 4 is 11.9 Å². The smallest absolute Gasteiger partial charge is 0.302 e. The van der Waals surface area contributed by atoms with E-state index in [1.54, 1.807) is 0 Å². The lowest BCUT2D eigenvalue weighted by Gasteiger charge is -2.20. The Morgan fingerprint density at radius 3 is 1.75 bits per heavy atom. The minimum atomic E-state index is -0.330. The second-order valence-corrected chi connectivity index (χ2v) is 3.25. The zero-order chi connectivity index (χ0) is 12.4. The molecule has 0 radical (unpaired) electrons. The molecule has 1 N–H and O–H groups in total. The minimum Gasteiger partial charge on any atom is -0.465 e. The van der Waals surface area contributed by atoms with Crippen molar-refractivity contribution in [3.05, 3.63) is 0 Å². The van der Waals surface area contributed by atoms with E-state index in [-0.39, 0.29) is 31.8 Å². The molecule has 6 nitrogen and oxygen atoms in total. The van der Waals surface area contributed by atoms with E-state index in [2.05, 4.69) is 0 Å². The van der Waals surface area contributed by atoms with Crippen molar-refractivity contribution in [2.24, 2.45) is 0 Å². The predicted molar refractivity (Wildman–Crippen MR) is 56.8 cm³/mol. The van der Waals surface area contributed by atoms with Crippen LogP contribution in [0.5, 0.6) is 0 Å². The number of ether oxygens (including phenoxy) is 2. The molecule has 0 rings (SSSR count). The number of hydrogen-bond donors (Lipinski definition) is 1. The molecule has 0 amide bonds. The number of rotatable bonds is 8. The van der Waals surface area contributed by atoms with Gasteiger partial charge in [-0.3, -0.25) is 14.5 Å². The standard InChI is InChI=1S/C10H19NO5/c1-9(13)15-7-4-11(3-6-12)5-8-16-10(2)14/h12H,3-8H2,1-2H3. The van der Waals surface area contributed by atoms with E-state index in [1.807, 2.05) is 4.90 Å². The minimum absolute atomic E-state index is 0.0140. The fourth-order valence-electron chi connectivity index (χ4n) is 1.11. The van der Waals surface area contributed by atoms with Crippen LogP contribution < -0.4 is 0 Å². The first-order valence-corrected chi connectivity index (χ1v) is 5.16. The largest absolute Gasteiger partial charge is 0.465 e. The van der Waals surface area contributed by atoms with Gasteiger partial charge in [0.25, 0.3) is 0 Å². The summed E-state index contributed by atoms with van der Waals surface area (Å²) in [4.78, 5) is 22.9. The third-order valence-electron chi connectivity index (χ3n) is 1.84. The molecule has 6 heteroatoms. The summed E-state index contributed by atoms with van der Waals surface area (Å²) < 4.78 is 9.55. The van der Waals surface area contributed by atoms with Crippen molar-refractivity contribution in [2.75, 3.05) is 39.5 Å². The Labute approximate surface area is 95.1 Å². The monoisotopic (exact) mass is 233 g/mol. The van der Waals surface area contributed by atoms with Crippen LogP contribution in [0.15, 0.2) is 0 Å². The molecular weight excluding hydrogens is 214 g/mol. The summed E-state index contributed by atoms with van der Waals surface area (Å²) in [6.45, 7) is 4.74. The summed E-state index contributed by atoms with van der Waals surface area (Å²) in [6, 6.07) is 0. The first kappa shape index (κ1) is 14.9. The predicted octanol–water partition coefficient (Wildman–Crippen LogP) is -0.593. The molecule has 0 bridgehead atoms. The molecule has 0 spiro atoms. The summed E-state index contributed by atoms with van der Waals surface area (Å²) in [7, 11) is 0. The van der Waals surface area contributed by atoms with Crippen LogP contribution in [0.4, 0.5) is 0 Å². The Balaban J connectivity index is 3.69. The SMILES string of the molecule is CC(=O)OCCN(CCO)CCOC(C)=O. The Morgan fingerprint density at radius 2 is 1.44 bits per heavy atom. The summed E-state index contributed by atoms with van der Waals surface area (Å²) in [6.07, 6.45) is 0. The van der Waals surface area contributed by atoms with Crippen LogP contribution in [0.2, 0.25) is 0 Å². The number of nitrogens with zero attached hydrogens (tertiary/aromatic N) is 1. The lowest BCUT2D eigenvalue weighted by molar-refractivity contribution is -0.141.